The Bertz CT molecular complexity index is 853. The van der Waals surface area contributed by atoms with Gasteiger partial charge in [0.2, 0.25) is 5.95 Å². The Morgan fingerprint density at radius 3 is 2.48 bits per heavy atom. The molecule has 0 unspecified atom stereocenters. The molecule has 2 aromatic carbocycles. The maximum atomic E-state index is 13.3. The minimum absolute atomic E-state index is 0.423. The molecular weight excluding hydrogens is 322 g/mol. The summed E-state index contributed by atoms with van der Waals surface area (Å²) in [5, 5.41) is 6.15. The Morgan fingerprint density at radius 2 is 1.72 bits per heavy atom. The first kappa shape index (κ1) is 16.8. The second-order valence-corrected chi connectivity index (χ2v) is 5.63. The number of hydrogen-bond donors (Lipinski definition) is 2. The lowest BCUT2D eigenvalue weighted by atomic mass is 10.1. The lowest BCUT2D eigenvalue weighted by Crippen LogP contribution is -2.09. The van der Waals surface area contributed by atoms with E-state index in [9.17, 15) is 8.78 Å². The number of benzene rings is 2. The zero-order chi connectivity index (χ0) is 17.6. The predicted molar refractivity (Wildman–Crippen MR) is 95.0 cm³/mol. The van der Waals surface area contributed by atoms with Gasteiger partial charge < -0.3 is 10.6 Å². The second-order valence-electron chi connectivity index (χ2n) is 5.63. The van der Waals surface area contributed by atoms with Gasteiger partial charge >= 0.3 is 0 Å². The first-order valence-electron chi connectivity index (χ1n) is 7.96. The van der Waals surface area contributed by atoms with Gasteiger partial charge in [-0.1, -0.05) is 30.3 Å². The number of hydrogen-bond acceptors (Lipinski definition) is 4. The van der Waals surface area contributed by atoms with Crippen molar-refractivity contribution in [3.63, 3.8) is 0 Å². The Kier molecular flexibility index (Phi) is 5.18. The van der Waals surface area contributed by atoms with E-state index in [1.807, 2.05) is 25.1 Å². The van der Waals surface area contributed by atoms with Crippen LogP contribution in [0, 0.1) is 18.6 Å². The van der Waals surface area contributed by atoms with Crippen LogP contribution in [-0.2, 0) is 6.42 Å². The van der Waals surface area contributed by atoms with Crippen LogP contribution in [0.25, 0.3) is 0 Å². The Balaban J connectivity index is 1.66. The van der Waals surface area contributed by atoms with Crippen LogP contribution in [0.15, 0.2) is 54.6 Å². The van der Waals surface area contributed by atoms with Crippen molar-refractivity contribution in [2.75, 3.05) is 17.2 Å². The van der Waals surface area contributed by atoms with Crippen LogP contribution < -0.4 is 10.6 Å². The van der Waals surface area contributed by atoms with Crippen molar-refractivity contribution in [3.05, 3.63) is 77.5 Å². The minimum atomic E-state index is -0.906. The van der Waals surface area contributed by atoms with Crippen LogP contribution in [0.5, 0.6) is 0 Å². The number of aryl methyl sites for hydroxylation is 1. The molecule has 0 saturated heterocycles. The zero-order valence-corrected chi connectivity index (χ0v) is 13.8. The number of rotatable bonds is 6. The fraction of sp³-hybridized carbons (Fsp3) is 0.158. The van der Waals surface area contributed by atoms with Crippen molar-refractivity contribution in [1.29, 1.82) is 0 Å². The van der Waals surface area contributed by atoms with Crippen molar-refractivity contribution in [2.45, 2.75) is 13.3 Å². The molecule has 1 aromatic heterocycles. The molecule has 4 nitrogen and oxygen atoms in total. The van der Waals surface area contributed by atoms with E-state index in [0.717, 1.165) is 24.2 Å². The lowest BCUT2D eigenvalue weighted by molar-refractivity contribution is 0.509. The molecule has 0 fully saturated rings. The third-order valence-electron chi connectivity index (χ3n) is 3.59. The van der Waals surface area contributed by atoms with Crippen LogP contribution >= 0.6 is 0 Å². The van der Waals surface area contributed by atoms with Gasteiger partial charge in [-0.15, -0.1) is 0 Å². The summed E-state index contributed by atoms with van der Waals surface area (Å²) >= 11 is 0. The standard InChI is InChI=1S/C19H18F2N4/c1-13-11-18(24-15-7-8-16(20)17(21)12-15)25-19(23-13)22-10-9-14-5-3-2-4-6-14/h2-8,11-12H,9-10H2,1H3,(H2,22,23,24,25). The van der Waals surface area contributed by atoms with Crippen LogP contribution in [0.3, 0.4) is 0 Å². The van der Waals surface area contributed by atoms with Crippen LogP contribution in [-0.4, -0.2) is 16.5 Å². The molecular formula is C19H18F2N4. The highest BCUT2D eigenvalue weighted by atomic mass is 19.2. The van der Waals surface area contributed by atoms with E-state index in [-0.39, 0.29) is 0 Å². The molecule has 0 spiro atoms. The summed E-state index contributed by atoms with van der Waals surface area (Å²) in [6, 6.07) is 15.5. The molecule has 25 heavy (non-hydrogen) atoms. The average molecular weight is 340 g/mol. The topological polar surface area (TPSA) is 49.8 Å². The van der Waals surface area contributed by atoms with Gasteiger partial charge in [-0.25, -0.2) is 13.8 Å². The number of aromatic nitrogens is 2. The van der Waals surface area contributed by atoms with E-state index in [0.29, 0.717) is 24.0 Å². The SMILES string of the molecule is Cc1cc(Nc2ccc(F)c(F)c2)nc(NCCc2ccccc2)n1. The molecule has 3 aromatic rings. The molecule has 0 aliphatic rings. The highest BCUT2D eigenvalue weighted by molar-refractivity contribution is 5.57. The van der Waals surface area contributed by atoms with Crippen molar-refractivity contribution in [2.24, 2.45) is 0 Å². The van der Waals surface area contributed by atoms with E-state index < -0.39 is 11.6 Å². The van der Waals surface area contributed by atoms with Gasteiger partial charge in [0.25, 0.3) is 0 Å². The van der Waals surface area contributed by atoms with E-state index in [4.69, 9.17) is 0 Å². The summed E-state index contributed by atoms with van der Waals surface area (Å²) < 4.78 is 26.3. The lowest BCUT2D eigenvalue weighted by Gasteiger charge is -2.10. The summed E-state index contributed by atoms with van der Waals surface area (Å²) in [7, 11) is 0. The molecule has 128 valence electrons. The molecule has 0 saturated carbocycles. The molecule has 0 atom stereocenters. The van der Waals surface area contributed by atoms with Crippen molar-refractivity contribution in [1.82, 2.24) is 9.97 Å². The number of nitrogens with zero attached hydrogens (tertiary/aromatic N) is 2. The molecule has 1 heterocycles. The zero-order valence-electron chi connectivity index (χ0n) is 13.8. The third-order valence-corrected chi connectivity index (χ3v) is 3.59. The van der Waals surface area contributed by atoms with Crippen molar-refractivity contribution >= 4 is 17.5 Å². The summed E-state index contributed by atoms with van der Waals surface area (Å²) in [5.41, 5.74) is 2.41. The minimum Gasteiger partial charge on any atom is -0.354 e. The van der Waals surface area contributed by atoms with Gasteiger partial charge in [-0.05, 0) is 31.0 Å². The summed E-state index contributed by atoms with van der Waals surface area (Å²) in [6.07, 6.45) is 0.851. The fourth-order valence-electron chi connectivity index (χ4n) is 2.40. The van der Waals surface area contributed by atoms with Gasteiger partial charge in [0.1, 0.15) is 5.82 Å². The smallest absolute Gasteiger partial charge is 0.224 e. The second kappa shape index (κ2) is 7.70. The Labute approximate surface area is 145 Å². The third kappa shape index (κ3) is 4.73. The van der Waals surface area contributed by atoms with Crippen LogP contribution in [0.4, 0.5) is 26.2 Å². The summed E-state index contributed by atoms with van der Waals surface area (Å²) in [6.45, 7) is 2.54. The molecule has 3 rings (SSSR count). The van der Waals surface area contributed by atoms with E-state index in [2.05, 4.69) is 32.7 Å². The van der Waals surface area contributed by atoms with Crippen LogP contribution in [0.2, 0.25) is 0 Å². The highest BCUT2D eigenvalue weighted by Gasteiger charge is 2.06. The maximum Gasteiger partial charge on any atom is 0.224 e. The predicted octanol–water partition coefficient (Wildman–Crippen LogP) is 4.46. The molecule has 0 aliphatic carbocycles. The molecule has 0 amide bonds. The Morgan fingerprint density at radius 1 is 0.920 bits per heavy atom. The molecule has 0 bridgehead atoms. The van der Waals surface area contributed by atoms with Gasteiger partial charge in [0, 0.05) is 30.1 Å². The van der Waals surface area contributed by atoms with Gasteiger partial charge in [-0.3, -0.25) is 0 Å². The average Bonchev–Trinajstić information content (AvgIpc) is 2.59. The normalized spacial score (nSPS) is 10.5. The summed E-state index contributed by atoms with van der Waals surface area (Å²) in [5.74, 6) is -0.786. The van der Waals surface area contributed by atoms with Gasteiger partial charge in [0.05, 0.1) is 0 Å². The number of halogens is 2. The molecule has 0 radical (unpaired) electrons. The quantitative estimate of drug-likeness (QED) is 0.695. The first-order valence-corrected chi connectivity index (χ1v) is 7.96. The first-order chi connectivity index (χ1) is 12.1. The van der Waals surface area contributed by atoms with E-state index >= 15 is 0 Å². The molecule has 6 heteroatoms. The Hall–Kier alpha value is -3.02. The van der Waals surface area contributed by atoms with E-state index in [1.165, 1.54) is 11.6 Å². The van der Waals surface area contributed by atoms with Gasteiger partial charge in [0.15, 0.2) is 11.6 Å². The largest absolute Gasteiger partial charge is 0.354 e. The molecule has 2 N–H and O–H groups in total. The van der Waals surface area contributed by atoms with Crippen molar-refractivity contribution < 1.29 is 8.78 Å². The fourth-order valence-corrected chi connectivity index (χ4v) is 2.40. The molecule has 0 aliphatic heterocycles. The highest BCUT2D eigenvalue weighted by Crippen LogP contribution is 2.19. The van der Waals surface area contributed by atoms with Crippen LogP contribution in [0.1, 0.15) is 11.3 Å². The summed E-state index contributed by atoms with van der Waals surface area (Å²) in [4.78, 5) is 8.70. The maximum absolute atomic E-state index is 13.3. The monoisotopic (exact) mass is 340 g/mol. The van der Waals surface area contributed by atoms with Gasteiger partial charge in [-0.2, -0.15) is 4.98 Å². The van der Waals surface area contributed by atoms with E-state index in [1.54, 1.807) is 6.07 Å². The number of anilines is 3. The van der Waals surface area contributed by atoms with Crippen molar-refractivity contribution in [3.8, 4) is 0 Å². The number of nitrogens with one attached hydrogen (secondary N) is 2.